The Morgan fingerprint density at radius 1 is 0.677 bits per heavy atom. The van der Waals surface area contributed by atoms with Gasteiger partial charge in [0.15, 0.2) is 0 Å². The number of allylic oxidation sites excluding steroid dienone is 1. The number of carbonyl (C=O) groups excluding carboxylic acids is 1. The van der Waals surface area contributed by atoms with E-state index in [1.54, 1.807) is 0 Å². The molecule has 31 heavy (non-hydrogen) atoms. The van der Waals surface area contributed by atoms with Gasteiger partial charge in [-0.3, -0.25) is 4.79 Å². The summed E-state index contributed by atoms with van der Waals surface area (Å²) in [6, 6.07) is -0.728. The Bertz CT molecular complexity index is 518. The van der Waals surface area contributed by atoms with Gasteiger partial charge in [-0.15, -0.1) is 0 Å². The van der Waals surface area contributed by atoms with Crippen molar-refractivity contribution in [3.8, 4) is 0 Å². The van der Waals surface area contributed by atoms with Gasteiger partial charge in [-0.2, -0.15) is 0 Å². The van der Waals surface area contributed by atoms with Crippen molar-refractivity contribution in [3.05, 3.63) is 12.3 Å². The van der Waals surface area contributed by atoms with E-state index in [1.807, 2.05) is 0 Å². The summed E-state index contributed by atoms with van der Waals surface area (Å²) in [6.07, 6.45) is 18.2. The molecule has 0 aromatic rings. The Kier molecular flexibility index (Phi) is 18.9. The van der Waals surface area contributed by atoms with Gasteiger partial charge in [0.2, 0.25) is 0 Å². The lowest BCUT2D eigenvalue weighted by Gasteiger charge is -2.17. The predicted octanol–water partition coefficient (Wildman–Crippen LogP) is 6.24. The van der Waals surface area contributed by atoms with Gasteiger partial charge >= 0.3 is 11.9 Å². The number of carbonyl (C=O) groups is 3. The van der Waals surface area contributed by atoms with Gasteiger partial charge in [0.1, 0.15) is 11.8 Å². The van der Waals surface area contributed by atoms with E-state index in [0.717, 1.165) is 44.2 Å². The van der Waals surface area contributed by atoms with Gasteiger partial charge in [0.25, 0.3) is 0 Å². The number of aliphatic carboxylic acids is 2. The molecule has 6 heteroatoms. The molecule has 0 aromatic heterocycles. The van der Waals surface area contributed by atoms with E-state index < -0.39 is 18.0 Å². The monoisotopic (exact) mass is 439 g/mol. The van der Waals surface area contributed by atoms with Crippen LogP contribution in [0.3, 0.4) is 0 Å². The summed E-state index contributed by atoms with van der Waals surface area (Å²) in [5, 5.41) is 20.8. The molecule has 0 aliphatic heterocycles. The van der Waals surface area contributed by atoms with Crippen LogP contribution in [0.15, 0.2) is 12.3 Å². The first kappa shape index (κ1) is 29.1. The first-order valence-electron chi connectivity index (χ1n) is 12.2. The number of unbranched alkanes of at least 4 members (excludes halogenated alkanes) is 13. The fourth-order valence-electron chi connectivity index (χ4n) is 3.66. The Balaban J connectivity index is 3.43. The van der Waals surface area contributed by atoms with E-state index in [4.69, 9.17) is 5.11 Å². The van der Waals surface area contributed by atoms with Crippen molar-refractivity contribution in [2.75, 3.05) is 0 Å². The van der Waals surface area contributed by atoms with Crippen molar-refractivity contribution >= 4 is 17.7 Å². The van der Waals surface area contributed by atoms with Crippen molar-refractivity contribution in [2.24, 2.45) is 0 Å². The smallest absolute Gasteiger partial charge is 0.326 e. The van der Waals surface area contributed by atoms with Gasteiger partial charge in [0.05, 0.1) is 0 Å². The Morgan fingerprint density at radius 3 is 1.42 bits per heavy atom. The van der Waals surface area contributed by atoms with Crippen molar-refractivity contribution in [2.45, 2.75) is 129 Å². The summed E-state index contributed by atoms with van der Waals surface area (Å²) < 4.78 is 0. The third-order valence-electron chi connectivity index (χ3n) is 5.58. The Morgan fingerprint density at radius 2 is 1.06 bits per heavy atom. The van der Waals surface area contributed by atoms with E-state index in [0.29, 0.717) is 12.8 Å². The topological polar surface area (TPSA) is 104 Å². The maximum absolute atomic E-state index is 11.2. The molecular formula is C25H45NO5. The molecule has 0 fully saturated rings. The van der Waals surface area contributed by atoms with Crippen LogP contribution in [0, 0.1) is 0 Å². The van der Waals surface area contributed by atoms with Crippen LogP contribution in [0.2, 0.25) is 0 Å². The third-order valence-corrected chi connectivity index (χ3v) is 5.58. The lowest BCUT2D eigenvalue weighted by molar-refractivity contribution is -0.139. The molecule has 0 aromatic carbocycles. The lowest BCUT2D eigenvalue weighted by atomic mass is 10.0. The minimum absolute atomic E-state index is 0.00336. The second-order valence-electron chi connectivity index (χ2n) is 8.72. The largest absolute Gasteiger partial charge is 0.481 e. The molecule has 1 atom stereocenters. The number of hydrogen-bond donors (Lipinski definition) is 3. The predicted molar refractivity (Wildman–Crippen MR) is 125 cm³/mol. The molecule has 6 nitrogen and oxygen atoms in total. The third kappa shape index (κ3) is 21.2. The van der Waals surface area contributed by atoms with E-state index in [-0.39, 0.29) is 12.2 Å². The normalized spacial score (nSPS) is 11.8. The van der Waals surface area contributed by atoms with Gasteiger partial charge in [0, 0.05) is 18.5 Å². The first-order chi connectivity index (χ1) is 14.8. The molecule has 0 saturated heterocycles. The molecule has 0 saturated carbocycles. The van der Waals surface area contributed by atoms with Crippen LogP contribution >= 0.6 is 0 Å². The van der Waals surface area contributed by atoms with E-state index in [9.17, 15) is 19.5 Å². The Labute approximate surface area is 188 Å². The summed E-state index contributed by atoms with van der Waals surface area (Å²) >= 11 is 0. The molecule has 0 rings (SSSR count). The van der Waals surface area contributed by atoms with Gasteiger partial charge in [-0.05, 0) is 32.6 Å². The molecule has 0 spiro atoms. The van der Waals surface area contributed by atoms with Crippen LogP contribution in [0.25, 0.3) is 0 Å². The van der Waals surface area contributed by atoms with Crippen molar-refractivity contribution in [1.82, 2.24) is 5.32 Å². The summed E-state index contributed by atoms with van der Waals surface area (Å²) in [4.78, 5) is 32.7. The van der Waals surface area contributed by atoms with Gasteiger partial charge < -0.3 is 20.3 Å². The molecule has 0 radical (unpaired) electrons. The summed E-state index contributed by atoms with van der Waals surface area (Å²) in [5.74, 6) is -1.62. The number of carboxylic acid groups (broad SMARTS) is 2. The zero-order valence-electron chi connectivity index (χ0n) is 19.6. The van der Waals surface area contributed by atoms with E-state index in [2.05, 4.69) is 11.9 Å². The molecule has 0 heterocycles. The number of Topliss-reactive ketones (excluding diaryl/α,β-unsaturated/α-hetero) is 1. The number of nitrogens with one attached hydrogen (secondary N) is 1. The molecule has 180 valence electrons. The Hall–Kier alpha value is -1.85. The fourth-order valence-corrected chi connectivity index (χ4v) is 3.66. The van der Waals surface area contributed by atoms with Gasteiger partial charge in [-0.25, -0.2) is 4.79 Å². The van der Waals surface area contributed by atoms with Gasteiger partial charge in [-0.1, -0.05) is 83.6 Å². The van der Waals surface area contributed by atoms with E-state index >= 15 is 0 Å². The molecule has 0 aliphatic carbocycles. The second-order valence-corrected chi connectivity index (χ2v) is 8.72. The summed E-state index contributed by atoms with van der Waals surface area (Å²) in [6.45, 7) is 5.41. The molecule has 0 bridgehead atoms. The van der Waals surface area contributed by atoms with Crippen LogP contribution in [-0.4, -0.2) is 34.0 Å². The second kappa shape index (κ2) is 20.1. The summed E-state index contributed by atoms with van der Waals surface area (Å²) in [5.41, 5.74) is 0.748. The molecule has 0 aliphatic rings. The highest BCUT2D eigenvalue weighted by Gasteiger charge is 2.17. The van der Waals surface area contributed by atoms with E-state index in [1.165, 1.54) is 64.7 Å². The van der Waals surface area contributed by atoms with Crippen LogP contribution in [0.1, 0.15) is 122 Å². The van der Waals surface area contributed by atoms with Crippen molar-refractivity contribution in [3.63, 3.8) is 0 Å². The molecule has 3 N–H and O–H groups in total. The number of rotatable bonds is 23. The average molecular weight is 440 g/mol. The highest BCUT2D eigenvalue weighted by Crippen LogP contribution is 2.14. The number of carboxylic acids is 2. The highest BCUT2D eigenvalue weighted by molar-refractivity contribution is 5.78. The molecule has 0 amide bonds. The standard InChI is InChI=1S/C25H45NO5/c1-21(26-23(25(30)31)20-19-22(2)27)17-15-13-11-9-7-5-3-4-6-8-10-12-14-16-18-24(28)29/h23,26H,1,3-20H2,2H3,(H,28,29)(H,30,31). The molecular weight excluding hydrogens is 394 g/mol. The highest BCUT2D eigenvalue weighted by atomic mass is 16.4. The first-order valence-corrected chi connectivity index (χ1v) is 12.2. The van der Waals surface area contributed by atoms with Crippen LogP contribution in [0.4, 0.5) is 0 Å². The van der Waals surface area contributed by atoms with Crippen LogP contribution in [0.5, 0.6) is 0 Å². The summed E-state index contributed by atoms with van der Waals surface area (Å²) in [7, 11) is 0. The minimum Gasteiger partial charge on any atom is -0.481 e. The molecule has 1 unspecified atom stereocenters. The number of hydrogen-bond acceptors (Lipinski definition) is 4. The zero-order chi connectivity index (χ0) is 23.3. The fraction of sp³-hybridized carbons (Fsp3) is 0.800. The quantitative estimate of drug-likeness (QED) is 0.163. The lowest BCUT2D eigenvalue weighted by Crippen LogP contribution is -2.36. The minimum atomic E-state index is -0.932. The SMILES string of the molecule is C=C(CCCCCCCCCCCCCCCCC(=O)O)NC(CCC(C)=O)C(=O)O. The maximum Gasteiger partial charge on any atom is 0.326 e. The number of ketones is 1. The van der Waals surface area contributed by atoms with Crippen molar-refractivity contribution in [1.29, 1.82) is 0 Å². The van der Waals surface area contributed by atoms with Crippen molar-refractivity contribution < 1.29 is 24.6 Å². The van der Waals surface area contributed by atoms with Crippen LogP contribution < -0.4 is 5.32 Å². The maximum atomic E-state index is 11.2. The van der Waals surface area contributed by atoms with Crippen LogP contribution in [-0.2, 0) is 14.4 Å². The average Bonchev–Trinajstić information content (AvgIpc) is 2.70. The zero-order valence-corrected chi connectivity index (χ0v) is 19.6.